The van der Waals surface area contributed by atoms with Crippen molar-refractivity contribution in [3.05, 3.63) is 71.3 Å². The number of carbonyl (C=O) groups excluding carboxylic acids is 2. The van der Waals surface area contributed by atoms with Gasteiger partial charge in [0.2, 0.25) is 0 Å². The molecule has 4 rings (SSSR count). The number of cyclic esters (lactones) is 1. The van der Waals surface area contributed by atoms with Crippen LogP contribution in [0.15, 0.2) is 54.6 Å². The van der Waals surface area contributed by atoms with Crippen molar-refractivity contribution in [2.75, 3.05) is 13.2 Å². The quantitative estimate of drug-likeness (QED) is 0.381. The topological polar surface area (TPSA) is 49.9 Å². The van der Waals surface area contributed by atoms with E-state index in [9.17, 15) is 9.59 Å². The summed E-state index contributed by atoms with van der Waals surface area (Å²) in [5, 5.41) is 0.312. The molecule has 2 amide bonds. The minimum Gasteiger partial charge on any atom is -0.447 e. The Morgan fingerprint density at radius 3 is 2.06 bits per heavy atom. The lowest BCUT2D eigenvalue weighted by atomic mass is 9.79. The van der Waals surface area contributed by atoms with Crippen molar-refractivity contribution >= 4 is 28.1 Å². The normalized spacial score (nSPS) is 23.4. The van der Waals surface area contributed by atoms with E-state index in [1.807, 2.05) is 30.3 Å². The third kappa shape index (κ3) is 4.36. The van der Waals surface area contributed by atoms with Crippen LogP contribution in [0.5, 0.6) is 0 Å². The molecule has 0 spiro atoms. The van der Waals surface area contributed by atoms with Crippen molar-refractivity contribution < 1.29 is 14.3 Å². The Labute approximate surface area is 206 Å². The minimum atomic E-state index is -1.66. The standard InChI is InChI=1S/C27H38N2O3Si2/c1-20-13-15-21(16-14-20)17-27(19-28(24(27)30)26(33(2,3)4)34(5,6)7)29-23(18-32-25(29)31)22-11-9-8-10-12-22/h8-16,23,26H,17-19H2,1-7H3/t23-,27-/m1/s1. The first-order chi connectivity index (χ1) is 15.8. The highest BCUT2D eigenvalue weighted by Crippen LogP contribution is 2.45. The fourth-order valence-corrected chi connectivity index (χ4v) is 19.0. The van der Waals surface area contributed by atoms with Crippen molar-refractivity contribution in [3.63, 3.8) is 0 Å². The zero-order valence-electron chi connectivity index (χ0n) is 21.6. The summed E-state index contributed by atoms with van der Waals surface area (Å²) >= 11 is 0. The van der Waals surface area contributed by atoms with Gasteiger partial charge in [-0.3, -0.25) is 9.69 Å². The summed E-state index contributed by atoms with van der Waals surface area (Å²) in [6.07, 6.45) is 0.122. The van der Waals surface area contributed by atoms with E-state index in [0.29, 0.717) is 18.3 Å². The van der Waals surface area contributed by atoms with E-state index < -0.39 is 21.7 Å². The number of benzene rings is 2. The van der Waals surface area contributed by atoms with Gasteiger partial charge in [-0.25, -0.2) is 4.79 Å². The predicted octanol–water partition coefficient (Wildman–Crippen LogP) is 5.44. The van der Waals surface area contributed by atoms with Gasteiger partial charge >= 0.3 is 6.09 Å². The summed E-state index contributed by atoms with van der Waals surface area (Å²) in [7, 11) is -3.33. The Balaban J connectivity index is 1.77. The summed E-state index contributed by atoms with van der Waals surface area (Å²) in [6, 6.07) is 18.0. The number of ether oxygens (including phenoxy) is 1. The zero-order chi connectivity index (χ0) is 24.9. The van der Waals surface area contributed by atoms with Gasteiger partial charge < -0.3 is 9.64 Å². The lowest BCUT2D eigenvalue weighted by Gasteiger charge is -2.60. The van der Waals surface area contributed by atoms with Gasteiger partial charge in [0.25, 0.3) is 5.91 Å². The minimum absolute atomic E-state index is 0.0858. The highest BCUT2D eigenvalue weighted by atomic mass is 28.4. The molecule has 5 nitrogen and oxygen atoms in total. The van der Waals surface area contributed by atoms with Crippen LogP contribution in [0.25, 0.3) is 0 Å². The molecular formula is C27H38N2O3Si2. The molecule has 0 radical (unpaired) electrons. The highest BCUT2D eigenvalue weighted by Gasteiger charge is 2.64. The third-order valence-corrected chi connectivity index (χ3v) is 16.3. The molecule has 0 aromatic heterocycles. The molecule has 2 fully saturated rings. The van der Waals surface area contributed by atoms with Crippen LogP contribution in [0.4, 0.5) is 4.79 Å². The summed E-state index contributed by atoms with van der Waals surface area (Å²) in [5.74, 6) is 0.0858. The maximum atomic E-state index is 14.3. The molecule has 0 bridgehead atoms. The van der Waals surface area contributed by atoms with E-state index in [-0.39, 0.29) is 24.6 Å². The molecule has 2 atom stereocenters. The molecule has 0 N–H and O–H groups in total. The van der Waals surface area contributed by atoms with Crippen LogP contribution in [0.3, 0.4) is 0 Å². The van der Waals surface area contributed by atoms with Gasteiger partial charge in [0.15, 0.2) is 0 Å². The number of likely N-dealkylation sites (tertiary alicyclic amines) is 1. The number of carbonyl (C=O) groups is 2. The second-order valence-corrected chi connectivity index (χ2v) is 23.3. The molecule has 7 heteroatoms. The number of nitrogens with zero attached hydrogens (tertiary/aromatic N) is 2. The third-order valence-electron chi connectivity index (χ3n) is 7.18. The number of aryl methyl sites for hydroxylation is 1. The average Bonchev–Trinajstić information content (AvgIpc) is 3.14. The molecule has 2 aliphatic rings. The molecule has 0 aliphatic carbocycles. The lowest BCUT2D eigenvalue weighted by molar-refractivity contribution is -0.162. The molecular weight excluding hydrogens is 456 g/mol. The first-order valence-corrected chi connectivity index (χ1v) is 19.4. The van der Waals surface area contributed by atoms with Gasteiger partial charge in [-0.05, 0) is 18.1 Å². The Morgan fingerprint density at radius 2 is 1.53 bits per heavy atom. The first kappa shape index (κ1) is 24.7. The largest absolute Gasteiger partial charge is 0.447 e. The van der Waals surface area contributed by atoms with E-state index in [2.05, 4.69) is 75.4 Å². The van der Waals surface area contributed by atoms with E-state index in [1.165, 1.54) is 5.56 Å². The monoisotopic (exact) mass is 494 g/mol. The predicted molar refractivity (Wildman–Crippen MR) is 142 cm³/mol. The van der Waals surface area contributed by atoms with Crippen LogP contribution in [0.1, 0.15) is 22.7 Å². The maximum Gasteiger partial charge on any atom is 0.411 e. The number of hydrogen-bond donors (Lipinski definition) is 0. The number of hydrogen-bond acceptors (Lipinski definition) is 3. The van der Waals surface area contributed by atoms with Gasteiger partial charge in [-0.15, -0.1) is 0 Å². The van der Waals surface area contributed by atoms with Crippen molar-refractivity contribution in [1.29, 1.82) is 0 Å². The summed E-state index contributed by atoms with van der Waals surface area (Å²) < 4.78 is 5.58. The zero-order valence-corrected chi connectivity index (χ0v) is 23.6. The molecule has 2 saturated heterocycles. The smallest absolute Gasteiger partial charge is 0.411 e. The van der Waals surface area contributed by atoms with Crippen molar-refractivity contribution in [3.8, 4) is 0 Å². The van der Waals surface area contributed by atoms with Crippen molar-refractivity contribution in [1.82, 2.24) is 9.80 Å². The van der Waals surface area contributed by atoms with E-state index in [4.69, 9.17) is 4.74 Å². The lowest BCUT2D eigenvalue weighted by Crippen LogP contribution is -2.81. The second kappa shape index (κ2) is 8.68. The molecule has 2 heterocycles. The molecule has 0 saturated carbocycles. The van der Waals surface area contributed by atoms with Crippen LogP contribution in [0.2, 0.25) is 39.3 Å². The number of amides is 2. The molecule has 2 aromatic carbocycles. The van der Waals surface area contributed by atoms with Gasteiger partial charge in [0, 0.05) is 11.7 Å². The number of rotatable bonds is 7. The Bertz CT molecular complexity index is 1050. The van der Waals surface area contributed by atoms with Gasteiger partial charge in [-0.1, -0.05) is 99.4 Å². The molecule has 2 aliphatic heterocycles. The van der Waals surface area contributed by atoms with Gasteiger partial charge in [0.1, 0.15) is 12.1 Å². The van der Waals surface area contributed by atoms with Crippen molar-refractivity contribution in [2.24, 2.45) is 0 Å². The maximum absolute atomic E-state index is 14.3. The van der Waals surface area contributed by atoms with Gasteiger partial charge in [0.05, 0.1) is 28.7 Å². The van der Waals surface area contributed by atoms with Crippen LogP contribution in [0, 0.1) is 6.92 Å². The van der Waals surface area contributed by atoms with E-state index >= 15 is 0 Å². The number of β-lactam (4-membered cyclic amide) rings is 1. The fourth-order valence-electron chi connectivity index (χ4n) is 6.29. The van der Waals surface area contributed by atoms with Crippen LogP contribution in [-0.2, 0) is 16.0 Å². The Kier molecular flexibility index (Phi) is 6.31. The molecule has 2 aromatic rings. The Morgan fingerprint density at radius 1 is 0.941 bits per heavy atom. The molecule has 34 heavy (non-hydrogen) atoms. The van der Waals surface area contributed by atoms with Gasteiger partial charge in [-0.2, -0.15) is 0 Å². The van der Waals surface area contributed by atoms with Crippen molar-refractivity contribution in [2.45, 2.75) is 69.5 Å². The SMILES string of the molecule is Cc1ccc(C[C@@]2(N3C(=O)OC[C@@H]3c3ccccc3)CN(C([Si](C)(C)C)[Si](C)(C)C)C2=O)cc1. The summed E-state index contributed by atoms with van der Waals surface area (Å²) in [6.45, 7) is 17.1. The summed E-state index contributed by atoms with van der Waals surface area (Å²) in [4.78, 5) is 31.4. The fraction of sp³-hybridized carbons (Fsp3) is 0.481. The molecule has 182 valence electrons. The average molecular weight is 495 g/mol. The van der Waals surface area contributed by atoms with E-state index in [1.54, 1.807) is 4.90 Å². The van der Waals surface area contributed by atoms with Crippen LogP contribution >= 0.6 is 0 Å². The second-order valence-electron chi connectivity index (χ2n) is 12.1. The molecule has 0 unspecified atom stereocenters. The van der Waals surface area contributed by atoms with Crippen LogP contribution < -0.4 is 0 Å². The Hall–Kier alpha value is -2.39. The van der Waals surface area contributed by atoms with E-state index in [0.717, 1.165) is 11.1 Å². The first-order valence-electron chi connectivity index (χ1n) is 12.2. The van der Waals surface area contributed by atoms with Crippen LogP contribution in [-0.4, -0.2) is 61.9 Å². The highest BCUT2D eigenvalue weighted by molar-refractivity contribution is 6.96. The summed E-state index contributed by atoms with van der Waals surface area (Å²) in [5.41, 5.74) is 2.35.